The summed E-state index contributed by atoms with van der Waals surface area (Å²) in [7, 11) is -2.73. The van der Waals surface area contributed by atoms with Crippen molar-refractivity contribution in [3.63, 3.8) is 0 Å². The van der Waals surface area contributed by atoms with Gasteiger partial charge in [0, 0.05) is 35.9 Å². The summed E-state index contributed by atoms with van der Waals surface area (Å²) in [6, 6.07) is 5.91. The van der Waals surface area contributed by atoms with E-state index in [1.165, 1.54) is 0 Å². The summed E-state index contributed by atoms with van der Waals surface area (Å²) < 4.78 is 17.4. The lowest BCUT2D eigenvalue weighted by Crippen LogP contribution is -2.48. The number of halogens is 2. The zero-order valence-electron chi connectivity index (χ0n) is 11.5. The topological polar surface area (TPSA) is 27.7 Å². The van der Waals surface area contributed by atoms with Crippen LogP contribution in [0.1, 0.15) is 26.3 Å². The van der Waals surface area contributed by atoms with Gasteiger partial charge in [0.1, 0.15) is 0 Å². The van der Waals surface area contributed by atoms with Crippen LogP contribution in [0.15, 0.2) is 18.2 Å². The van der Waals surface area contributed by atoms with Crippen molar-refractivity contribution < 1.29 is 13.3 Å². The maximum Gasteiger partial charge on any atom is 0.505 e. The summed E-state index contributed by atoms with van der Waals surface area (Å²) in [5.41, 5.74) is 0.899. The molecule has 0 saturated carbocycles. The van der Waals surface area contributed by atoms with Gasteiger partial charge in [0.15, 0.2) is 0 Å². The van der Waals surface area contributed by atoms with E-state index in [-0.39, 0.29) is 0 Å². The number of benzene rings is 1. The van der Waals surface area contributed by atoms with Crippen LogP contribution in [0.25, 0.3) is 0 Å². The predicted molar refractivity (Wildman–Crippen MR) is 80.8 cm³/mol. The predicted octanol–water partition coefficient (Wildman–Crippen LogP) is 4.12. The maximum absolute atomic E-state index is 6.20. The molecule has 19 heavy (non-hydrogen) atoms. The van der Waals surface area contributed by atoms with Crippen LogP contribution in [0.5, 0.6) is 0 Å². The van der Waals surface area contributed by atoms with Gasteiger partial charge in [-0.05, 0) is 44.5 Å². The summed E-state index contributed by atoms with van der Waals surface area (Å²) in [5.74, 6) is 0. The Balaban J connectivity index is 3.00. The van der Waals surface area contributed by atoms with E-state index in [1.54, 1.807) is 12.1 Å². The molecule has 0 amide bonds. The summed E-state index contributed by atoms with van der Waals surface area (Å²) in [6.07, 6.45) is 0. The lowest BCUT2D eigenvalue weighted by atomic mass is 10.2. The van der Waals surface area contributed by atoms with Crippen molar-refractivity contribution in [2.24, 2.45) is 0 Å². The van der Waals surface area contributed by atoms with Gasteiger partial charge in [-0.2, -0.15) is 0 Å². The third kappa shape index (κ3) is 5.06. The average molecular weight is 323 g/mol. The molecule has 0 fully saturated rings. The van der Waals surface area contributed by atoms with Crippen molar-refractivity contribution in [2.45, 2.75) is 26.8 Å². The Morgan fingerprint density at radius 2 is 1.47 bits per heavy atom. The number of hydrogen-bond acceptors (Lipinski definition) is 3. The molecular formula is C13H20Cl2O3Si. The minimum Gasteiger partial charge on any atom is -0.374 e. The molecule has 0 heterocycles. The van der Waals surface area contributed by atoms with Gasteiger partial charge in [0.25, 0.3) is 0 Å². The van der Waals surface area contributed by atoms with Gasteiger partial charge in [-0.1, -0.05) is 23.2 Å². The zero-order chi connectivity index (χ0) is 14.3. The maximum atomic E-state index is 6.20. The van der Waals surface area contributed by atoms with Gasteiger partial charge in [0.05, 0.1) is 0 Å². The van der Waals surface area contributed by atoms with Gasteiger partial charge in [-0.3, -0.25) is 0 Å². The van der Waals surface area contributed by atoms with E-state index in [9.17, 15) is 0 Å². The SMILES string of the molecule is CCO[Si](Cc1cc(Cl)ccc1Cl)(OCC)OCC. The van der Waals surface area contributed by atoms with Crippen LogP contribution in [0.3, 0.4) is 0 Å². The second-order valence-electron chi connectivity index (χ2n) is 3.89. The summed E-state index contributed by atoms with van der Waals surface area (Å²) in [6.45, 7) is 7.43. The van der Waals surface area contributed by atoms with E-state index < -0.39 is 8.80 Å². The van der Waals surface area contributed by atoms with Crippen LogP contribution >= 0.6 is 23.2 Å². The second-order valence-corrected chi connectivity index (χ2v) is 7.32. The van der Waals surface area contributed by atoms with Crippen molar-refractivity contribution >= 4 is 32.0 Å². The first kappa shape index (κ1) is 16.9. The third-order valence-corrected chi connectivity index (χ3v) is 6.11. The third-order valence-electron chi connectivity index (χ3n) is 2.51. The first-order valence-corrected chi connectivity index (χ1v) is 9.11. The summed E-state index contributed by atoms with van der Waals surface area (Å²) in [4.78, 5) is 0. The van der Waals surface area contributed by atoms with E-state index in [1.807, 2.05) is 26.8 Å². The van der Waals surface area contributed by atoms with Crippen LogP contribution in [-0.2, 0) is 19.3 Å². The fourth-order valence-corrected chi connectivity index (χ4v) is 4.98. The quantitative estimate of drug-likeness (QED) is 0.674. The monoisotopic (exact) mass is 322 g/mol. The normalized spacial score (nSPS) is 11.8. The van der Waals surface area contributed by atoms with Gasteiger partial charge in [0.2, 0.25) is 0 Å². The Morgan fingerprint density at radius 3 is 1.95 bits per heavy atom. The molecule has 0 radical (unpaired) electrons. The fourth-order valence-electron chi connectivity index (χ4n) is 1.85. The Hall–Kier alpha value is -0.103. The molecule has 0 aliphatic rings. The Bertz CT molecular complexity index is 384. The molecule has 0 unspecified atom stereocenters. The molecule has 108 valence electrons. The van der Waals surface area contributed by atoms with Crippen LogP contribution in [-0.4, -0.2) is 28.6 Å². The highest BCUT2D eigenvalue weighted by Gasteiger charge is 2.41. The van der Waals surface area contributed by atoms with E-state index in [4.69, 9.17) is 36.5 Å². The summed E-state index contributed by atoms with van der Waals surface area (Å²) in [5, 5.41) is 1.30. The van der Waals surface area contributed by atoms with Crippen LogP contribution in [0, 0.1) is 0 Å². The van der Waals surface area contributed by atoms with E-state index in [0.717, 1.165) is 5.56 Å². The average Bonchev–Trinajstić information content (AvgIpc) is 2.35. The van der Waals surface area contributed by atoms with Gasteiger partial charge < -0.3 is 13.3 Å². The number of hydrogen-bond donors (Lipinski definition) is 0. The summed E-state index contributed by atoms with van der Waals surface area (Å²) >= 11 is 12.2. The molecule has 1 rings (SSSR count). The molecule has 1 aromatic rings. The van der Waals surface area contributed by atoms with Crippen LogP contribution < -0.4 is 0 Å². The van der Waals surface area contributed by atoms with Crippen molar-refractivity contribution in [2.75, 3.05) is 19.8 Å². The molecule has 0 spiro atoms. The van der Waals surface area contributed by atoms with E-state index in [2.05, 4.69) is 0 Å². The highest BCUT2D eigenvalue weighted by Crippen LogP contribution is 2.25. The molecule has 0 N–H and O–H groups in total. The minimum atomic E-state index is -2.73. The smallest absolute Gasteiger partial charge is 0.374 e. The van der Waals surface area contributed by atoms with Gasteiger partial charge >= 0.3 is 8.80 Å². The molecule has 0 bridgehead atoms. The molecule has 3 nitrogen and oxygen atoms in total. The Labute approximate surface area is 126 Å². The lowest BCUT2D eigenvalue weighted by molar-refractivity contribution is 0.0704. The molecule has 0 aliphatic carbocycles. The second kappa shape index (κ2) is 8.24. The molecule has 1 aromatic carbocycles. The molecule has 0 saturated heterocycles. The van der Waals surface area contributed by atoms with Crippen molar-refractivity contribution in [3.8, 4) is 0 Å². The lowest BCUT2D eigenvalue weighted by Gasteiger charge is -2.28. The van der Waals surface area contributed by atoms with Crippen molar-refractivity contribution in [1.29, 1.82) is 0 Å². The molecule has 6 heteroatoms. The van der Waals surface area contributed by atoms with Crippen LogP contribution in [0.2, 0.25) is 10.0 Å². The number of rotatable bonds is 8. The first-order valence-electron chi connectivity index (χ1n) is 6.42. The molecular weight excluding hydrogens is 303 g/mol. The van der Waals surface area contributed by atoms with Crippen LogP contribution in [0.4, 0.5) is 0 Å². The highest BCUT2D eigenvalue weighted by molar-refractivity contribution is 6.60. The standard InChI is InChI=1S/C13H20Cl2O3Si/c1-4-16-19(17-5-2,18-6-3)10-11-9-12(14)7-8-13(11)15/h7-9H,4-6,10H2,1-3H3. The van der Waals surface area contributed by atoms with Crippen molar-refractivity contribution in [1.82, 2.24) is 0 Å². The zero-order valence-corrected chi connectivity index (χ0v) is 14.1. The Kier molecular flexibility index (Phi) is 7.35. The van der Waals surface area contributed by atoms with Crippen molar-refractivity contribution in [3.05, 3.63) is 33.8 Å². The Morgan fingerprint density at radius 1 is 0.947 bits per heavy atom. The van der Waals surface area contributed by atoms with E-state index in [0.29, 0.717) is 35.9 Å². The van der Waals surface area contributed by atoms with Gasteiger partial charge in [-0.15, -0.1) is 0 Å². The molecule has 0 aliphatic heterocycles. The van der Waals surface area contributed by atoms with E-state index >= 15 is 0 Å². The van der Waals surface area contributed by atoms with Gasteiger partial charge in [-0.25, -0.2) is 0 Å². The largest absolute Gasteiger partial charge is 0.505 e. The minimum absolute atomic E-state index is 0.530. The molecule has 0 atom stereocenters. The molecule has 0 aromatic heterocycles. The first-order chi connectivity index (χ1) is 9.06. The highest BCUT2D eigenvalue weighted by atomic mass is 35.5. The fraction of sp³-hybridized carbons (Fsp3) is 0.538.